The van der Waals surface area contributed by atoms with Crippen LogP contribution in [-0.2, 0) is 4.79 Å². The molecule has 0 unspecified atom stereocenters. The van der Waals surface area contributed by atoms with Gasteiger partial charge in [0.2, 0.25) is 0 Å². The zero-order valence-corrected chi connectivity index (χ0v) is 5.94. The van der Waals surface area contributed by atoms with Crippen LogP contribution in [0, 0.1) is 0 Å². The van der Waals surface area contributed by atoms with Gasteiger partial charge in [-0.1, -0.05) is 0 Å². The molecule has 0 aromatic heterocycles. The minimum Gasteiger partial charge on any atom is -0.300 e. The van der Waals surface area contributed by atoms with Gasteiger partial charge in [0.25, 0.3) is 0 Å². The second-order valence-corrected chi connectivity index (χ2v) is 3.30. The molecule has 1 heterocycles. The van der Waals surface area contributed by atoms with Gasteiger partial charge >= 0.3 is 0 Å². The lowest BCUT2D eigenvalue weighted by Crippen LogP contribution is -2.70. The number of rotatable bonds is 0. The molecule has 0 bridgehead atoms. The summed E-state index contributed by atoms with van der Waals surface area (Å²) in [5.74, 6) is 0.430. The lowest BCUT2D eigenvalue weighted by Gasteiger charge is -2.45. The highest BCUT2D eigenvalue weighted by atomic mass is 16.1. The smallest absolute Gasteiger partial charge is 0.133 e. The number of carbonyl (C=O) groups excluding carboxylic acids is 1. The largest absolute Gasteiger partial charge is 0.300 e. The van der Waals surface area contributed by atoms with Crippen LogP contribution in [0.2, 0.25) is 0 Å². The zero-order chi connectivity index (χ0) is 7.03. The summed E-state index contributed by atoms with van der Waals surface area (Å²) in [4.78, 5) is 10.8. The van der Waals surface area contributed by atoms with E-state index in [0.29, 0.717) is 11.3 Å². The van der Waals surface area contributed by atoms with Gasteiger partial charge in [-0.05, 0) is 12.8 Å². The summed E-state index contributed by atoms with van der Waals surface area (Å²) >= 11 is 0. The van der Waals surface area contributed by atoms with E-state index in [-0.39, 0.29) is 0 Å². The van der Waals surface area contributed by atoms with Crippen LogP contribution in [0.4, 0.5) is 0 Å². The SMILES string of the molecule is O=C1CCC2(CC1)CNN2. The van der Waals surface area contributed by atoms with Gasteiger partial charge in [-0.15, -0.1) is 0 Å². The van der Waals surface area contributed by atoms with Crippen molar-refractivity contribution < 1.29 is 4.79 Å². The fourth-order valence-electron chi connectivity index (χ4n) is 1.65. The average molecular weight is 140 g/mol. The van der Waals surface area contributed by atoms with Gasteiger partial charge in [-0.25, -0.2) is 0 Å². The fourth-order valence-corrected chi connectivity index (χ4v) is 1.65. The van der Waals surface area contributed by atoms with Gasteiger partial charge in [-0.3, -0.25) is 15.6 Å². The first-order valence-electron chi connectivity index (χ1n) is 3.83. The number of Topliss-reactive ketones (excluding diaryl/α,β-unsaturated/α-hetero) is 1. The number of hydrogen-bond acceptors (Lipinski definition) is 3. The van der Waals surface area contributed by atoms with Crippen molar-refractivity contribution in [1.29, 1.82) is 0 Å². The number of hydrogen-bond donors (Lipinski definition) is 2. The monoisotopic (exact) mass is 140 g/mol. The van der Waals surface area contributed by atoms with Gasteiger partial charge in [0.05, 0.1) is 0 Å². The highest BCUT2D eigenvalue weighted by Crippen LogP contribution is 2.28. The quantitative estimate of drug-likeness (QED) is 0.496. The average Bonchev–Trinajstić information content (AvgIpc) is 1.86. The molecule has 1 aliphatic carbocycles. The Morgan fingerprint density at radius 2 is 1.90 bits per heavy atom. The molecule has 0 aromatic carbocycles. The molecule has 2 fully saturated rings. The molecule has 2 N–H and O–H groups in total. The second-order valence-electron chi connectivity index (χ2n) is 3.30. The van der Waals surface area contributed by atoms with Gasteiger partial charge in [0, 0.05) is 24.9 Å². The molecule has 1 spiro atoms. The molecule has 56 valence electrons. The van der Waals surface area contributed by atoms with Crippen molar-refractivity contribution in [2.45, 2.75) is 31.2 Å². The molecule has 1 aliphatic heterocycles. The Balaban J connectivity index is 1.96. The normalized spacial score (nSPS) is 30.2. The Labute approximate surface area is 60.1 Å². The van der Waals surface area contributed by atoms with E-state index >= 15 is 0 Å². The van der Waals surface area contributed by atoms with E-state index in [4.69, 9.17) is 0 Å². The predicted octanol–water partition coefficient (Wildman–Crippen LogP) is -0.0239. The minimum atomic E-state index is 0.300. The van der Waals surface area contributed by atoms with Crippen LogP contribution in [0.15, 0.2) is 0 Å². The van der Waals surface area contributed by atoms with E-state index in [1.54, 1.807) is 0 Å². The van der Waals surface area contributed by atoms with Crippen molar-refractivity contribution in [1.82, 2.24) is 10.9 Å². The molecule has 0 radical (unpaired) electrons. The van der Waals surface area contributed by atoms with Crippen molar-refractivity contribution in [3.8, 4) is 0 Å². The topological polar surface area (TPSA) is 41.1 Å². The number of ketones is 1. The zero-order valence-electron chi connectivity index (χ0n) is 5.94. The van der Waals surface area contributed by atoms with E-state index < -0.39 is 0 Å². The summed E-state index contributed by atoms with van der Waals surface area (Å²) in [5.41, 5.74) is 6.50. The molecule has 1 saturated carbocycles. The highest BCUT2D eigenvalue weighted by molar-refractivity contribution is 5.79. The summed E-state index contributed by atoms with van der Waals surface area (Å²) in [6.45, 7) is 1.04. The third-order valence-corrected chi connectivity index (χ3v) is 2.55. The van der Waals surface area contributed by atoms with Crippen molar-refractivity contribution in [3.63, 3.8) is 0 Å². The lowest BCUT2D eigenvalue weighted by atomic mass is 9.80. The third kappa shape index (κ3) is 0.859. The molecule has 2 rings (SSSR count). The molecule has 3 nitrogen and oxygen atoms in total. The van der Waals surface area contributed by atoms with Crippen LogP contribution in [0.3, 0.4) is 0 Å². The van der Waals surface area contributed by atoms with E-state index in [1.807, 2.05) is 0 Å². The molecule has 3 heteroatoms. The lowest BCUT2D eigenvalue weighted by molar-refractivity contribution is -0.122. The van der Waals surface area contributed by atoms with E-state index in [9.17, 15) is 4.79 Å². The molecular formula is C7H12N2O. The Morgan fingerprint density at radius 3 is 2.30 bits per heavy atom. The maximum absolute atomic E-state index is 10.8. The first-order chi connectivity index (χ1) is 4.81. The van der Waals surface area contributed by atoms with E-state index in [2.05, 4.69) is 10.9 Å². The van der Waals surface area contributed by atoms with Crippen LogP contribution in [0.5, 0.6) is 0 Å². The Kier molecular flexibility index (Phi) is 1.28. The van der Waals surface area contributed by atoms with Crippen LogP contribution < -0.4 is 10.9 Å². The van der Waals surface area contributed by atoms with Crippen molar-refractivity contribution in [2.24, 2.45) is 0 Å². The number of nitrogens with one attached hydrogen (secondary N) is 2. The van der Waals surface area contributed by atoms with Crippen LogP contribution in [0.25, 0.3) is 0 Å². The first-order valence-corrected chi connectivity index (χ1v) is 3.83. The van der Waals surface area contributed by atoms with Crippen LogP contribution >= 0.6 is 0 Å². The van der Waals surface area contributed by atoms with Gasteiger partial charge in [-0.2, -0.15) is 0 Å². The maximum atomic E-state index is 10.8. The second kappa shape index (κ2) is 2.04. The summed E-state index contributed by atoms with van der Waals surface area (Å²) in [6.07, 6.45) is 3.60. The minimum absolute atomic E-state index is 0.300. The number of carbonyl (C=O) groups is 1. The molecular weight excluding hydrogens is 128 g/mol. The van der Waals surface area contributed by atoms with Crippen LogP contribution in [-0.4, -0.2) is 17.9 Å². The van der Waals surface area contributed by atoms with Gasteiger partial charge in [0.1, 0.15) is 5.78 Å². The summed E-state index contributed by atoms with van der Waals surface area (Å²) in [5, 5.41) is 0. The molecule has 0 aromatic rings. The Bertz CT molecular complexity index is 151. The molecule has 0 amide bonds. The van der Waals surface area contributed by atoms with Gasteiger partial charge in [0.15, 0.2) is 0 Å². The Morgan fingerprint density at radius 1 is 1.30 bits per heavy atom. The predicted molar refractivity (Wildman–Crippen MR) is 37.3 cm³/mol. The molecule has 0 atom stereocenters. The standard InChI is InChI=1S/C7H12N2O/c10-6-1-3-7(4-2-6)5-8-9-7/h8-9H,1-5H2. The summed E-state index contributed by atoms with van der Waals surface area (Å²) < 4.78 is 0. The van der Waals surface area contributed by atoms with Crippen LogP contribution in [0.1, 0.15) is 25.7 Å². The third-order valence-electron chi connectivity index (χ3n) is 2.55. The maximum Gasteiger partial charge on any atom is 0.133 e. The molecule has 10 heavy (non-hydrogen) atoms. The van der Waals surface area contributed by atoms with Crippen molar-refractivity contribution >= 4 is 5.78 Å². The molecule has 2 aliphatic rings. The van der Waals surface area contributed by atoms with E-state index in [0.717, 1.165) is 32.2 Å². The number of hydrazine groups is 1. The van der Waals surface area contributed by atoms with Crippen molar-refractivity contribution in [2.75, 3.05) is 6.54 Å². The van der Waals surface area contributed by atoms with E-state index in [1.165, 1.54) is 0 Å². The molecule has 1 saturated heterocycles. The highest BCUT2D eigenvalue weighted by Gasteiger charge is 2.39. The van der Waals surface area contributed by atoms with Crippen molar-refractivity contribution in [3.05, 3.63) is 0 Å². The Hall–Kier alpha value is -0.410. The summed E-state index contributed by atoms with van der Waals surface area (Å²) in [6, 6.07) is 0. The summed E-state index contributed by atoms with van der Waals surface area (Å²) in [7, 11) is 0. The van der Waals surface area contributed by atoms with Gasteiger partial charge < -0.3 is 0 Å². The first kappa shape index (κ1) is 6.31. The fraction of sp³-hybridized carbons (Fsp3) is 0.857.